The molecule has 1 heterocycles. The number of hydrogen-bond donors (Lipinski definition) is 2. The molecule has 1 amide bonds. The molecule has 0 aliphatic heterocycles. The van der Waals surface area contributed by atoms with Gasteiger partial charge >= 0.3 is 5.97 Å². The number of nitrogens with one attached hydrogen (secondary N) is 1. The third-order valence-electron chi connectivity index (χ3n) is 3.35. The summed E-state index contributed by atoms with van der Waals surface area (Å²) in [7, 11) is 0. The molecule has 26 heavy (non-hydrogen) atoms. The van der Waals surface area contributed by atoms with Gasteiger partial charge in [0.15, 0.2) is 0 Å². The molecule has 138 valence electrons. The third kappa shape index (κ3) is 5.79. The Bertz CT molecular complexity index is 784. The van der Waals surface area contributed by atoms with Crippen molar-refractivity contribution in [2.45, 2.75) is 17.6 Å². The van der Waals surface area contributed by atoms with Crippen molar-refractivity contribution in [3.05, 3.63) is 65.6 Å². The van der Waals surface area contributed by atoms with Crippen LogP contribution in [0.15, 0.2) is 58.1 Å². The summed E-state index contributed by atoms with van der Waals surface area (Å²) < 4.78 is 10.6. The molecule has 2 rings (SSSR count). The average Bonchev–Trinajstić information content (AvgIpc) is 3.08. The summed E-state index contributed by atoms with van der Waals surface area (Å²) in [5.74, 6) is -0.549. The first-order valence-corrected chi connectivity index (χ1v) is 8.99. The van der Waals surface area contributed by atoms with Crippen LogP contribution >= 0.6 is 11.8 Å². The van der Waals surface area contributed by atoms with Gasteiger partial charge in [-0.25, -0.2) is 4.79 Å². The minimum atomic E-state index is -1.03. The summed E-state index contributed by atoms with van der Waals surface area (Å²) >= 11 is 1.35. The highest BCUT2D eigenvalue weighted by molar-refractivity contribution is 7.98. The van der Waals surface area contributed by atoms with Gasteiger partial charge in [-0.1, -0.05) is 24.3 Å². The van der Waals surface area contributed by atoms with E-state index in [1.165, 1.54) is 24.1 Å². The number of carbonyl (C=O) groups excluding carboxylic acids is 1. The molecule has 0 aliphatic carbocycles. The van der Waals surface area contributed by atoms with Gasteiger partial charge in [0.2, 0.25) is 0 Å². The molecule has 0 atom stereocenters. The lowest BCUT2D eigenvalue weighted by Gasteiger charge is -2.10. The molecule has 0 saturated carbocycles. The van der Waals surface area contributed by atoms with E-state index in [2.05, 4.69) is 11.9 Å². The topological polar surface area (TPSA) is 88.8 Å². The SMILES string of the molecule is C=C(C)COCCNC(=O)c1ccccc1SCc1occc1C(=O)O. The van der Waals surface area contributed by atoms with Gasteiger partial charge in [-0.2, -0.15) is 0 Å². The Morgan fingerprint density at radius 1 is 1.27 bits per heavy atom. The van der Waals surface area contributed by atoms with Crippen LogP contribution in [0.3, 0.4) is 0 Å². The van der Waals surface area contributed by atoms with E-state index in [-0.39, 0.29) is 11.5 Å². The quantitative estimate of drug-likeness (QED) is 0.375. The lowest BCUT2D eigenvalue weighted by atomic mass is 10.2. The first-order chi connectivity index (χ1) is 12.5. The van der Waals surface area contributed by atoms with Crippen molar-refractivity contribution in [2.75, 3.05) is 19.8 Å². The molecule has 0 fully saturated rings. The van der Waals surface area contributed by atoms with E-state index in [9.17, 15) is 9.59 Å². The van der Waals surface area contributed by atoms with E-state index in [0.29, 0.717) is 36.8 Å². The molecule has 1 aromatic carbocycles. The molecular weight excluding hydrogens is 354 g/mol. The highest BCUT2D eigenvalue weighted by Gasteiger charge is 2.16. The minimum absolute atomic E-state index is 0.133. The van der Waals surface area contributed by atoms with Gasteiger partial charge in [0.05, 0.1) is 30.8 Å². The molecule has 7 heteroatoms. The van der Waals surface area contributed by atoms with Crippen molar-refractivity contribution in [1.29, 1.82) is 0 Å². The first kappa shape index (κ1) is 19.8. The molecule has 1 aromatic heterocycles. The van der Waals surface area contributed by atoms with Gasteiger partial charge in [0, 0.05) is 11.4 Å². The number of furan rings is 1. The van der Waals surface area contributed by atoms with Gasteiger partial charge in [-0.15, -0.1) is 11.8 Å². The summed E-state index contributed by atoms with van der Waals surface area (Å²) in [6.45, 7) is 6.89. The van der Waals surface area contributed by atoms with Crippen LogP contribution in [-0.4, -0.2) is 36.7 Å². The maximum Gasteiger partial charge on any atom is 0.339 e. The van der Waals surface area contributed by atoms with Crippen LogP contribution in [0.1, 0.15) is 33.4 Å². The maximum absolute atomic E-state index is 12.4. The van der Waals surface area contributed by atoms with Gasteiger partial charge in [0.25, 0.3) is 5.91 Å². The van der Waals surface area contributed by atoms with E-state index in [0.717, 1.165) is 10.5 Å². The number of carboxylic acids is 1. The number of thioether (sulfide) groups is 1. The first-order valence-electron chi connectivity index (χ1n) is 8.01. The molecule has 0 bridgehead atoms. The molecule has 0 spiro atoms. The van der Waals surface area contributed by atoms with Gasteiger partial charge in [-0.3, -0.25) is 4.79 Å². The van der Waals surface area contributed by atoms with E-state index in [1.54, 1.807) is 12.1 Å². The summed E-state index contributed by atoms with van der Waals surface area (Å²) in [4.78, 5) is 24.3. The number of carbonyl (C=O) groups is 2. The molecule has 0 unspecified atom stereocenters. The van der Waals surface area contributed by atoms with E-state index in [1.807, 2.05) is 19.1 Å². The van der Waals surface area contributed by atoms with Gasteiger partial charge in [0.1, 0.15) is 11.3 Å². The van der Waals surface area contributed by atoms with Crippen molar-refractivity contribution >= 4 is 23.6 Å². The second-order valence-electron chi connectivity index (χ2n) is 5.61. The number of benzene rings is 1. The van der Waals surface area contributed by atoms with E-state index < -0.39 is 5.97 Å². The van der Waals surface area contributed by atoms with E-state index in [4.69, 9.17) is 14.3 Å². The van der Waals surface area contributed by atoms with Crippen molar-refractivity contribution in [1.82, 2.24) is 5.32 Å². The zero-order valence-corrected chi connectivity index (χ0v) is 15.3. The Balaban J connectivity index is 1.94. The number of rotatable bonds is 10. The van der Waals surface area contributed by atoms with Gasteiger partial charge < -0.3 is 19.6 Å². The van der Waals surface area contributed by atoms with Crippen LogP contribution in [0.4, 0.5) is 0 Å². The number of ether oxygens (including phenoxy) is 1. The predicted octanol–water partition coefficient (Wildman–Crippen LogP) is 3.59. The Hall–Kier alpha value is -2.51. The molecule has 0 saturated heterocycles. The largest absolute Gasteiger partial charge is 0.478 e. The Morgan fingerprint density at radius 3 is 2.77 bits per heavy atom. The van der Waals surface area contributed by atoms with E-state index >= 15 is 0 Å². The number of aromatic carboxylic acids is 1. The monoisotopic (exact) mass is 375 g/mol. The molecular formula is C19H21NO5S. The second kappa shape index (κ2) is 9.84. The number of hydrogen-bond acceptors (Lipinski definition) is 5. The van der Waals surface area contributed by atoms with Crippen LogP contribution in [0.25, 0.3) is 0 Å². The van der Waals surface area contributed by atoms with Crippen molar-refractivity contribution in [3.8, 4) is 0 Å². The maximum atomic E-state index is 12.4. The van der Waals surface area contributed by atoms with Crippen LogP contribution in [0.2, 0.25) is 0 Å². The Morgan fingerprint density at radius 2 is 2.04 bits per heavy atom. The Kier molecular flexibility index (Phi) is 7.50. The summed E-state index contributed by atoms with van der Waals surface area (Å²) in [5.41, 5.74) is 1.59. The number of amides is 1. The van der Waals surface area contributed by atoms with Crippen molar-refractivity contribution in [3.63, 3.8) is 0 Å². The lowest BCUT2D eigenvalue weighted by Crippen LogP contribution is -2.27. The van der Waals surface area contributed by atoms with Gasteiger partial charge in [-0.05, 0) is 25.1 Å². The Labute approximate surface area is 156 Å². The van der Waals surface area contributed by atoms with Crippen LogP contribution in [0.5, 0.6) is 0 Å². The molecule has 6 nitrogen and oxygen atoms in total. The average molecular weight is 375 g/mol. The van der Waals surface area contributed by atoms with Crippen LogP contribution < -0.4 is 5.32 Å². The fourth-order valence-corrected chi connectivity index (χ4v) is 3.15. The fraction of sp³-hybridized carbons (Fsp3) is 0.263. The minimum Gasteiger partial charge on any atom is -0.478 e. The molecule has 2 aromatic rings. The molecule has 2 N–H and O–H groups in total. The second-order valence-corrected chi connectivity index (χ2v) is 6.63. The molecule has 0 aliphatic rings. The van der Waals surface area contributed by atoms with Crippen molar-refractivity contribution < 1.29 is 23.8 Å². The lowest BCUT2D eigenvalue weighted by molar-refractivity contribution is 0.0694. The third-order valence-corrected chi connectivity index (χ3v) is 4.42. The summed E-state index contributed by atoms with van der Waals surface area (Å²) in [6.07, 6.45) is 1.35. The zero-order chi connectivity index (χ0) is 18.9. The summed E-state index contributed by atoms with van der Waals surface area (Å²) in [5, 5.41) is 11.9. The fourth-order valence-electron chi connectivity index (χ4n) is 2.14. The zero-order valence-electron chi connectivity index (χ0n) is 14.5. The highest BCUT2D eigenvalue weighted by Crippen LogP contribution is 2.28. The summed E-state index contributed by atoms with van der Waals surface area (Å²) in [6, 6.07) is 8.58. The standard InChI is InChI=1S/C19H21NO5S/c1-13(2)11-24-10-8-20-18(21)15-5-3-4-6-17(15)26-12-16-14(19(22)23)7-9-25-16/h3-7,9H,1,8,10-12H2,2H3,(H,20,21)(H,22,23). The highest BCUT2D eigenvalue weighted by atomic mass is 32.2. The normalized spacial score (nSPS) is 10.5. The predicted molar refractivity (Wildman–Crippen MR) is 99.6 cm³/mol. The molecule has 0 radical (unpaired) electrons. The van der Waals surface area contributed by atoms with Crippen LogP contribution in [-0.2, 0) is 10.5 Å². The number of carboxylic acid groups (broad SMARTS) is 1. The van der Waals surface area contributed by atoms with Crippen molar-refractivity contribution in [2.24, 2.45) is 0 Å². The van der Waals surface area contributed by atoms with Crippen LogP contribution in [0, 0.1) is 0 Å². The smallest absolute Gasteiger partial charge is 0.339 e.